The number of hydrogen-bond donors (Lipinski definition) is 1. The number of ether oxygens (including phenoxy) is 4. The standard InChI is InChI=1S/C82H123NO8/c1-6-8-10-12-14-16-18-20-22-24-26-28-30-32-34-36-38-39-40-41-43-45-47-49-51-53-55-57-59-61-63-65-67-69-71-73-80(85)91-78(77-90-82(81(86)87)88-75-74-83(3,4)5)76-89-79(84)72-70-68-66-64-62-60-58-56-54-52-50-48-46-44-42-37-35-33-31-29-27-25-23-21-19-17-15-13-11-9-7-2/h8-11,14-17,20-23,26-29,32-35,38-39,41-44,47-50,53-56,59-62,78,82H,6-7,12-13,18-19,24-25,30-31,36-37,40,45-46,51-52,57-58,63-77H2,1-5H3/p+1/b10-8-,11-9-,16-14-,17-15-,22-20-,23-21-,28-26-,29-27-,34-32-,35-33-,39-38-,43-41-,44-42-,49-47-,50-48-,55-53-,56-54-,61-59-,62-60-. The van der Waals surface area contributed by atoms with E-state index in [1.54, 1.807) is 0 Å². The van der Waals surface area contributed by atoms with Crippen LogP contribution in [0.25, 0.3) is 0 Å². The molecule has 0 heterocycles. The molecule has 0 aromatic rings. The molecule has 0 rings (SSSR count). The maximum atomic E-state index is 12.9. The van der Waals surface area contributed by atoms with Gasteiger partial charge in [0, 0.05) is 12.8 Å². The van der Waals surface area contributed by atoms with Gasteiger partial charge in [-0.3, -0.25) is 9.59 Å². The molecule has 0 aliphatic rings. The second-order valence-electron chi connectivity index (χ2n) is 23.0. The summed E-state index contributed by atoms with van der Waals surface area (Å²) in [6.07, 6.45) is 109. The molecule has 0 saturated heterocycles. The summed E-state index contributed by atoms with van der Waals surface area (Å²) in [4.78, 5) is 37.6. The molecule has 1 N–H and O–H groups in total. The Morgan fingerprint density at radius 3 is 0.879 bits per heavy atom. The highest BCUT2D eigenvalue weighted by atomic mass is 16.7. The average Bonchev–Trinajstić information content (AvgIpc) is 3.46. The Morgan fingerprint density at radius 2 is 0.593 bits per heavy atom. The van der Waals surface area contributed by atoms with E-state index in [9.17, 15) is 19.5 Å². The highest BCUT2D eigenvalue weighted by Gasteiger charge is 2.25. The van der Waals surface area contributed by atoms with Crippen LogP contribution in [0.2, 0.25) is 0 Å². The lowest BCUT2D eigenvalue weighted by molar-refractivity contribution is -0.870. The fourth-order valence-corrected chi connectivity index (χ4v) is 8.21. The van der Waals surface area contributed by atoms with E-state index in [4.69, 9.17) is 18.9 Å². The van der Waals surface area contributed by atoms with Crippen LogP contribution in [0.15, 0.2) is 231 Å². The molecular formula is C82H124NO8+. The van der Waals surface area contributed by atoms with E-state index in [1.165, 1.54) is 0 Å². The van der Waals surface area contributed by atoms with Gasteiger partial charge in [0.2, 0.25) is 0 Å². The molecule has 0 bridgehead atoms. The predicted octanol–water partition coefficient (Wildman–Crippen LogP) is 21.9. The van der Waals surface area contributed by atoms with Gasteiger partial charge < -0.3 is 28.5 Å². The first kappa shape index (κ1) is 84.4. The van der Waals surface area contributed by atoms with E-state index in [1.807, 2.05) is 21.1 Å². The lowest BCUT2D eigenvalue weighted by atomic mass is 10.1. The number of unbranched alkanes of at least 4 members (excludes halogenated alkanes) is 7. The number of carboxylic acids is 1. The second-order valence-corrected chi connectivity index (χ2v) is 23.0. The minimum atomic E-state index is -1.54. The van der Waals surface area contributed by atoms with Gasteiger partial charge in [0.15, 0.2) is 6.10 Å². The molecule has 91 heavy (non-hydrogen) atoms. The van der Waals surface area contributed by atoms with E-state index >= 15 is 0 Å². The highest BCUT2D eigenvalue weighted by molar-refractivity contribution is 5.71. The monoisotopic (exact) mass is 1250 g/mol. The number of allylic oxidation sites excluding steroid dienone is 38. The Hall–Kier alpha value is -6.65. The summed E-state index contributed by atoms with van der Waals surface area (Å²) in [5.41, 5.74) is 0. The van der Waals surface area contributed by atoms with E-state index in [-0.39, 0.29) is 32.7 Å². The van der Waals surface area contributed by atoms with Crippen molar-refractivity contribution in [1.29, 1.82) is 0 Å². The first-order chi connectivity index (χ1) is 44.6. The number of hydrogen-bond acceptors (Lipinski definition) is 7. The van der Waals surface area contributed by atoms with Gasteiger partial charge in [-0.25, -0.2) is 4.79 Å². The molecule has 2 unspecified atom stereocenters. The van der Waals surface area contributed by atoms with Gasteiger partial charge in [0.05, 0.1) is 34.4 Å². The molecule has 0 saturated carbocycles. The number of carbonyl (C=O) groups is 3. The number of quaternary nitrogens is 1. The van der Waals surface area contributed by atoms with Crippen LogP contribution < -0.4 is 0 Å². The van der Waals surface area contributed by atoms with Crippen molar-refractivity contribution < 1.29 is 42.9 Å². The first-order valence-electron chi connectivity index (χ1n) is 34.5. The van der Waals surface area contributed by atoms with Gasteiger partial charge in [0.1, 0.15) is 13.2 Å². The third-order valence-electron chi connectivity index (χ3n) is 13.4. The zero-order valence-corrected chi connectivity index (χ0v) is 57.4. The molecule has 504 valence electrons. The van der Waals surface area contributed by atoms with Crippen molar-refractivity contribution in [3.05, 3.63) is 231 Å². The molecular weight excluding hydrogens is 1130 g/mol. The summed E-state index contributed by atoms with van der Waals surface area (Å²) in [7, 11) is 5.93. The second kappa shape index (κ2) is 69.2. The third-order valence-corrected chi connectivity index (χ3v) is 13.4. The van der Waals surface area contributed by atoms with Crippen molar-refractivity contribution >= 4 is 17.9 Å². The maximum absolute atomic E-state index is 12.9. The summed E-state index contributed by atoms with van der Waals surface area (Å²) < 4.78 is 22.9. The van der Waals surface area contributed by atoms with Gasteiger partial charge >= 0.3 is 17.9 Å². The number of carbonyl (C=O) groups excluding carboxylic acids is 2. The van der Waals surface area contributed by atoms with Crippen LogP contribution in [0.1, 0.15) is 206 Å². The van der Waals surface area contributed by atoms with Crippen molar-refractivity contribution in [3.8, 4) is 0 Å². The molecule has 9 nitrogen and oxygen atoms in total. The Morgan fingerprint density at radius 1 is 0.330 bits per heavy atom. The minimum absolute atomic E-state index is 0.162. The number of esters is 2. The normalized spacial score (nSPS) is 14.2. The largest absolute Gasteiger partial charge is 0.477 e. The Bertz CT molecular complexity index is 2350. The summed E-state index contributed by atoms with van der Waals surface area (Å²) in [5, 5.41) is 9.74. The molecule has 0 spiro atoms. The summed E-state index contributed by atoms with van der Waals surface area (Å²) in [6.45, 7) is 4.53. The zero-order chi connectivity index (χ0) is 66.1. The van der Waals surface area contributed by atoms with Crippen LogP contribution in [0.5, 0.6) is 0 Å². The molecule has 0 fully saturated rings. The van der Waals surface area contributed by atoms with Gasteiger partial charge in [-0.15, -0.1) is 0 Å². The molecule has 9 heteroatoms. The van der Waals surface area contributed by atoms with Crippen LogP contribution in [0.4, 0.5) is 0 Å². The van der Waals surface area contributed by atoms with E-state index in [0.717, 1.165) is 167 Å². The lowest BCUT2D eigenvalue weighted by Crippen LogP contribution is -2.40. The smallest absolute Gasteiger partial charge is 0.361 e. The van der Waals surface area contributed by atoms with Crippen LogP contribution >= 0.6 is 0 Å². The predicted molar refractivity (Wildman–Crippen MR) is 391 cm³/mol. The van der Waals surface area contributed by atoms with Crippen LogP contribution in [-0.4, -0.2) is 87.4 Å². The number of carboxylic acid groups (broad SMARTS) is 1. The number of nitrogens with zero attached hydrogens (tertiary/aromatic N) is 1. The lowest BCUT2D eigenvalue weighted by Gasteiger charge is -2.25. The SMILES string of the molecule is CC/C=C\C/C=C\C/C=C\C/C=C\C/C=C\C/C=C\C/C=C\C/C=C\C/C=C\C/C=C\CCCCCCC(=O)OC(COC(=O)CCCCC/C=C\C/C=C\C/C=C\C/C=C\C/C=C\C/C=C\C/C=C\C/C=C\C/C=C\CC)COC(OCC[N+](C)(C)C)C(=O)O. The van der Waals surface area contributed by atoms with Crippen LogP contribution in [0.3, 0.4) is 0 Å². The fraction of sp³-hybridized carbons (Fsp3) is 0.500. The first-order valence-corrected chi connectivity index (χ1v) is 34.5. The van der Waals surface area contributed by atoms with Crippen molar-refractivity contribution in [1.82, 2.24) is 0 Å². The van der Waals surface area contributed by atoms with Gasteiger partial charge in [-0.1, -0.05) is 264 Å². The Kier molecular flexibility index (Phi) is 64.2. The fourth-order valence-electron chi connectivity index (χ4n) is 8.21. The van der Waals surface area contributed by atoms with Crippen molar-refractivity contribution in [2.24, 2.45) is 0 Å². The molecule has 0 aromatic heterocycles. The topological polar surface area (TPSA) is 108 Å². The maximum Gasteiger partial charge on any atom is 0.361 e. The van der Waals surface area contributed by atoms with Crippen LogP contribution in [-0.2, 0) is 33.3 Å². The van der Waals surface area contributed by atoms with Gasteiger partial charge in [0.25, 0.3) is 6.29 Å². The minimum Gasteiger partial charge on any atom is -0.477 e. The van der Waals surface area contributed by atoms with Crippen LogP contribution in [0, 0.1) is 0 Å². The molecule has 0 amide bonds. The molecule has 2 atom stereocenters. The van der Waals surface area contributed by atoms with E-state index in [2.05, 4.69) is 245 Å². The number of aliphatic carboxylic acids is 1. The van der Waals surface area contributed by atoms with Crippen molar-refractivity contribution in [3.63, 3.8) is 0 Å². The Labute approximate surface area is 555 Å². The van der Waals surface area contributed by atoms with E-state index in [0.29, 0.717) is 23.9 Å². The zero-order valence-electron chi connectivity index (χ0n) is 57.4. The average molecular weight is 1250 g/mol. The van der Waals surface area contributed by atoms with Gasteiger partial charge in [-0.05, 0) is 161 Å². The molecule has 0 radical (unpaired) electrons. The molecule has 0 aliphatic carbocycles. The van der Waals surface area contributed by atoms with Crippen molar-refractivity contribution in [2.75, 3.05) is 47.5 Å². The van der Waals surface area contributed by atoms with Gasteiger partial charge in [-0.2, -0.15) is 0 Å². The Balaban J connectivity index is 4.37. The molecule has 0 aromatic carbocycles. The van der Waals surface area contributed by atoms with E-state index < -0.39 is 30.3 Å². The summed E-state index contributed by atoms with van der Waals surface area (Å²) in [5.74, 6) is -2.12. The van der Waals surface area contributed by atoms with Crippen molar-refractivity contribution in [2.45, 2.75) is 219 Å². The number of rotatable bonds is 60. The summed E-state index contributed by atoms with van der Waals surface area (Å²) in [6, 6.07) is 0. The summed E-state index contributed by atoms with van der Waals surface area (Å²) >= 11 is 0. The number of likely N-dealkylation sites (N-methyl/N-ethyl adjacent to an activating group) is 1. The highest BCUT2D eigenvalue weighted by Crippen LogP contribution is 2.12. The third kappa shape index (κ3) is 70.7. The molecule has 0 aliphatic heterocycles. The quantitative estimate of drug-likeness (QED) is 0.0211.